The Morgan fingerprint density at radius 2 is 1.79 bits per heavy atom. The monoisotopic (exact) mass is 504 g/mol. The first kappa shape index (κ1) is 22.8. The van der Waals surface area contributed by atoms with E-state index in [1.165, 1.54) is 5.69 Å². The normalized spacial score (nSPS) is 14.1. The molecular weight excluding hydrogens is 480 g/mol. The van der Waals surface area contributed by atoms with Gasteiger partial charge in [-0.3, -0.25) is 4.79 Å². The highest BCUT2D eigenvalue weighted by Gasteiger charge is 2.15. The molecule has 6 nitrogen and oxygen atoms in total. The van der Waals surface area contributed by atoms with Gasteiger partial charge in [-0.25, -0.2) is 0 Å². The summed E-state index contributed by atoms with van der Waals surface area (Å²) in [5.41, 5.74) is 5.74. The number of anilines is 2. The molecule has 7 heteroatoms. The molecule has 4 rings (SSSR count). The first-order chi connectivity index (χ1) is 16.0. The van der Waals surface area contributed by atoms with E-state index in [4.69, 9.17) is 4.74 Å². The van der Waals surface area contributed by atoms with E-state index in [-0.39, 0.29) is 5.57 Å². The van der Waals surface area contributed by atoms with Crippen molar-refractivity contribution in [1.82, 2.24) is 4.57 Å². The number of aromatic nitrogens is 1. The van der Waals surface area contributed by atoms with Crippen LogP contribution in [0.1, 0.15) is 17.0 Å². The van der Waals surface area contributed by atoms with Gasteiger partial charge in [-0.05, 0) is 74.0 Å². The van der Waals surface area contributed by atoms with Crippen molar-refractivity contribution < 1.29 is 9.53 Å². The SMILES string of the molecule is Cc1cc(C=C(C#N)C(=O)Nc2cccc(Br)c2)c(C)n1-c1ccc(N2CCOCC2)cc1. The van der Waals surface area contributed by atoms with Crippen LogP contribution in [0.3, 0.4) is 0 Å². The van der Waals surface area contributed by atoms with Crippen molar-refractivity contribution in [2.45, 2.75) is 13.8 Å². The van der Waals surface area contributed by atoms with Gasteiger partial charge in [0.15, 0.2) is 0 Å². The number of benzene rings is 2. The van der Waals surface area contributed by atoms with Crippen molar-refractivity contribution in [1.29, 1.82) is 5.26 Å². The summed E-state index contributed by atoms with van der Waals surface area (Å²) in [5, 5.41) is 12.4. The summed E-state index contributed by atoms with van der Waals surface area (Å²) < 4.78 is 8.43. The third-order valence-corrected chi connectivity index (χ3v) is 6.20. The maximum Gasteiger partial charge on any atom is 0.266 e. The van der Waals surface area contributed by atoms with Crippen LogP contribution in [0.4, 0.5) is 11.4 Å². The lowest BCUT2D eigenvalue weighted by atomic mass is 10.1. The molecule has 1 aliphatic rings. The second kappa shape index (κ2) is 10.1. The molecule has 1 amide bonds. The molecule has 1 saturated heterocycles. The maximum atomic E-state index is 12.7. The summed E-state index contributed by atoms with van der Waals surface area (Å²) in [4.78, 5) is 15.0. The molecule has 1 fully saturated rings. The van der Waals surface area contributed by atoms with Crippen LogP contribution < -0.4 is 10.2 Å². The Balaban J connectivity index is 1.58. The third-order valence-electron chi connectivity index (χ3n) is 5.70. The van der Waals surface area contributed by atoms with Crippen LogP contribution >= 0.6 is 15.9 Å². The quantitative estimate of drug-likeness (QED) is 0.381. The van der Waals surface area contributed by atoms with Gasteiger partial charge in [0.1, 0.15) is 11.6 Å². The number of halogens is 1. The number of carbonyl (C=O) groups is 1. The second-order valence-electron chi connectivity index (χ2n) is 7.91. The number of nitrogens with one attached hydrogen (secondary N) is 1. The summed E-state index contributed by atoms with van der Waals surface area (Å²) in [5.74, 6) is -0.435. The fraction of sp³-hybridized carbons (Fsp3) is 0.231. The molecule has 0 spiro atoms. The fourth-order valence-electron chi connectivity index (χ4n) is 4.03. The van der Waals surface area contributed by atoms with Crippen LogP contribution in [-0.2, 0) is 9.53 Å². The lowest BCUT2D eigenvalue weighted by molar-refractivity contribution is -0.112. The van der Waals surface area contributed by atoms with E-state index >= 15 is 0 Å². The number of hydrogen-bond acceptors (Lipinski definition) is 4. The second-order valence-corrected chi connectivity index (χ2v) is 8.83. The number of amides is 1. The zero-order valence-electron chi connectivity index (χ0n) is 18.6. The van der Waals surface area contributed by atoms with Gasteiger partial charge in [-0.2, -0.15) is 5.26 Å². The third kappa shape index (κ3) is 5.19. The van der Waals surface area contributed by atoms with Gasteiger partial charge in [-0.1, -0.05) is 22.0 Å². The molecule has 2 aromatic carbocycles. The lowest BCUT2D eigenvalue weighted by Gasteiger charge is -2.29. The zero-order valence-corrected chi connectivity index (χ0v) is 20.2. The van der Waals surface area contributed by atoms with E-state index in [0.29, 0.717) is 5.69 Å². The predicted octanol–water partition coefficient (Wildman–Crippen LogP) is 5.24. The predicted molar refractivity (Wildman–Crippen MR) is 135 cm³/mol. The van der Waals surface area contributed by atoms with Gasteiger partial charge in [0.05, 0.1) is 13.2 Å². The van der Waals surface area contributed by atoms with Crippen molar-refractivity contribution in [2.75, 3.05) is 36.5 Å². The summed E-state index contributed by atoms with van der Waals surface area (Å²) in [6.45, 7) is 7.32. The maximum absolute atomic E-state index is 12.7. The highest BCUT2D eigenvalue weighted by Crippen LogP contribution is 2.25. The topological polar surface area (TPSA) is 70.3 Å². The molecule has 0 radical (unpaired) electrons. The first-order valence-electron chi connectivity index (χ1n) is 10.8. The van der Waals surface area contributed by atoms with Gasteiger partial charge < -0.3 is 19.5 Å². The number of carbonyl (C=O) groups excluding carboxylic acids is 1. The van der Waals surface area contributed by atoms with Crippen LogP contribution in [0.5, 0.6) is 0 Å². The molecule has 0 aliphatic carbocycles. The van der Waals surface area contributed by atoms with E-state index in [1.807, 2.05) is 38.1 Å². The molecule has 0 atom stereocenters. The van der Waals surface area contributed by atoms with Crippen LogP contribution in [0.15, 0.2) is 64.6 Å². The Kier molecular flexibility index (Phi) is 6.97. The number of rotatable bonds is 5. The van der Waals surface area contributed by atoms with Crippen LogP contribution in [-0.4, -0.2) is 36.8 Å². The molecule has 1 aromatic heterocycles. The standard InChI is InChI=1S/C26H25BrN4O2/c1-18-14-20(15-21(17-28)26(32)29-23-5-3-4-22(27)16-23)19(2)31(18)25-8-6-24(7-9-25)30-10-12-33-13-11-30/h3-9,14-16H,10-13H2,1-2H3,(H,29,32). The molecular formula is C26H25BrN4O2. The zero-order chi connectivity index (χ0) is 23.4. The van der Waals surface area contributed by atoms with Gasteiger partial charge in [0.2, 0.25) is 0 Å². The Labute approximate surface area is 202 Å². The highest BCUT2D eigenvalue weighted by atomic mass is 79.9. The number of hydrogen-bond donors (Lipinski definition) is 1. The van der Waals surface area contributed by atoms with Crippen molar-refractivity contribution in [2.24, 2.45) is 0 Å². The number of nitriles is 1. The summed E-state index contributed by atoms with van der Waals surface area (Å²) >= 11 is 3.39. The smallest absolute Gasteiger partial charge is 0.266 e. The molecule has 0 unspecified atom stereocenters. The van der Waals surface area contributed by atoms with Gasteiger partial charge in [0.25, 0.3) is 5.91 Å². The minimum absolute atomic E-state index is 0.0536. The molecule has 2 heterocycles. The average molecular weight is 505 g/mol. The Morgan fingerprint density at radius 1 is 1.09 bits per heavy atom. The fourth-order valence-corrected chi connectivity index (χ4v) is 4.43. The number of ether oxygens (including phenoxy) is 1. The van der Waals surface area contributed by atoms with Gasteiger partial charge in [0, 0.05) is 46.0 Å². The van der Waals surface area contributed by atoms with Gasteiger partial charge >= 0.3 is 0 Å². The van der Waals surface area contributed by atoms with Crippen molar-refractivity contribution >= 4 is 39.3 Å². The highest BCUT2D eigenvalue weighted by molar-refractivity contribution is 9.10. The summed E-state index contributed by atoms with van der Waals surface area (Å²) in [6, 6.07) is 19.8. The summed E-state index contributed by atoms with van der Waals surface area (Å²) in [6.07, 6.45) is 1.65. The minimum atomic E-state index is -0.435. The molecule has 0 bridgehead atoms. The van der Waals surface area contributed by atoms with Crippen molar-refractivity contribution in [3.8, 4) is 11.8 Å². The minimum Gasteiger partial charge on any atom is -0.378 e. The Morgan fingerprint density at radius 3 is 2.45 bits per heavy atom. The van der Waals surface area contributed by atoms with Crippen LogP contribution in [0, 0.1) is 25.2 Å². The summed E-state index contributed by atoms with van der Waals surface area (Å²) in [7, 11) is 0. The number of aryl methyl sites for hydroxylation is 1. The average Bonchev–Trinajstić information content (AvgIpc) is 3.10. The van der Waals surface area contributed by atoms with E-state index in [9.17, 15) is 10.1 Å². The van der Waals surface area contributed by atoms with E-state index in [0.717, 1.165) is 53.4 Å². The molecule has 33 heavy (non-hydrogen) atoms. The molecule has 1 aliphatic heterocycles. The van der Waals surface area contributed by atoms with Crippen LogP contribution in [0.25, 0.3) is 11.8 Å². The molecule has 3 aromatic rings. The molecule has 0 saturated carbocycles. The molecule has 168 valence electrons. The molecule has 1 N–H and O–H groups in total. The lowest BCUT2D eigenvalue weighted by Crippen LogP contribution is -2.36. The Hall–Kier alpha value is -3.34. The van der Waals surface area contributed by atoms with Crippen molar-refractivity contribution in [3.05, 3.63) is 81.6 Å². The number of nitrogens with zero attached hydrogens (tertiary/aromatic N) is 3. The van der Waals surface area contributed by atoms with E-state index in [2.05, 4.69) is 55.0 Å². The van der Waals surface area contributed by atoms with Crippen LogP contribution in [0.2, 0.25) is 0 Å². The van der Waals surface area contributed by atoms with Crippen molar-refractivity contribution in [3.63, 3.8) is 0 Å². The first-order valence-corrected chi connectivity index (χ1v) is 11.6. The Bertz CT molecular complexity index is 1230. The van der Waals surface area contributed by atoms with Gasteiger partial charge in [-0.15, -0.1) is 0 Å². The number of morpholine rings is 1. The largest absolute Gasteiger partial charge is 0.378 e. The van der Waals surface area contributed by atoms with E-state index < -0.39 is 5.91 Å². The van der Waals surface area contributed by atoms with E-state index in [1.54, 1.807) is 18.2 Å².